The number of nitrogens with zero attached hydrogens (tertiary/aromatic N) is 1. The van der Waals surface area contributed by atoms with E-state index in [4.69, 9.17) is 5.73 Å². The predicted molar refractivity (Wildman–Crippen MR) is 102 cm³/mol. The Bertz CT molecular complexity index is 981. The van der Waals surface area contributed by atoms with Gasteiger partial charge >= 0.3 is 0 Å². The number of carbonyl (C=O) groups excluding carboxylic acids is 2. The molecule has 1 aliphatic rings. The van der Waals surface area contributed by atoms with Crippen LogP contribution in [-0.4, -0.2) is 17.1 Å². The van der Waals surface area contributed by atoms with E-state index in [9.17, 15) is 9.59 Å². The molecule has 0 aliphatic carbocycles. The van der Waals surface area contributed by atoms with Crippen molar-refractivity contribution < 1.29 is 9.59 Å². The molecule has 2 amide bonds. The van der Waals surface area contributed by atoms with E-state index in [1.807, 2.05) is 60.7 Å². The van der Waals surface area contributed by atoms with Crippen molar-refractivity contribution >= 4 is 45.7 Å². The van der Waals surface area contributed by atoms with Crippen LogP contribution in [0.15, 0.2) is 71.6 Å². The van der Waals surface area contributed by atoms with Gasteiger partial charge in [0.1, 0.15) is 0 Å². The molecule has 1 atom stereocenters. The highest BCUT2D eigenvalue weighted by Gasteiger charge is 2.40. The van der Waals surface area contributed by atoms with Gasteiger partial charge in [-0.1, -0.05) is 48.5 Å². The Balaban J connectivity index is 1.69. The summed E-state index contributed by atoms with van der Waals surface area (Å²) in [6, 6.07) is 20.8. The second-order valence-electron chi connectivity index (χ2n) is 5.91. The second-order valence-corrected chi connectivity index (χ2v) is 7.16. The summed E-state index contributed by atoms with van der Waals surface area (Å²) >= 11 is 1.36. The van der Waals surface area contributed by atoms with Crippen LogP contribution in [0.4, 0.5) is 11.4 Å². The van der Waals surface area contributed by atoms with Crippen molar-refractivity contribution in [3.63, 3.8) is 0 Å². The third kappa shape index (κ3) is 2.76. The van der Waals surface area contributed by atoms with E-state index in [1.165, 1.54) is 16.7 Å². The molecular formula is C20H16N2O2S. The average molecular weight is 348 g/mol. The zero-order chi connectivity index (χ0) is 17.4. The lowest BCUT2D eigenvalue weighted by Gasteiger charge is -2.17. The molecular weight excluding hydrogens is 332 g/mol. The third-order valence-corrected chi connectivity index (χ3v) is 5.58. The van der Waals surface area contributed by atoms with Crippen LogP contribution in [0.2, 0.25) is 0 Å². The quantitative estimate of drug-likeness (QED) is 0.577. The number of nitrogen functional groups attached to an aromatic ring is 1. The Morgan fingerprint density at radius 3 is 2.48 bits per heavy atom. The standard InChI is InChI=1S/C20H16N2O2S/c21-15-9-3-4-11-17(15)25-18-12-19(23)22(20(18)24)16-10-5-7-13-6-1-2-8-14(13)16/h1-11,18H,12,21H2/t18-/m1/s1. The Labute approximate surface area is 149 Å². The summed E-state index contributed by atoms with van der Waals surface area (Å²) in [7, 11) is 0. The first-order chi connectivity index (χ1) is 12.1. The molecule has 0 unspecified atom stereocenters. The number of rotatable bonds is 3. The van der Waals surface area contributed by atoms with Crippen molar-refractivity contribution in [3.8, 4) is 0 Å². The number of imide groups is 1. The molecule has 1 heterocycles. The van der Waals surface area contributed by atoms with Crippen molar-refractivity contribution in [3.05, 3.63) is 66.7 Å². The number of thioether (sulfide) groups is 1. The van der Waals surface area contributed by atoms with E-state index < -0.39 is 5.25 Å². The molecule has 2 N–H and O–H groups in total. The number of benzene rings is 3. The average Bonchev–Trinajstić information content (AvgIpc) is 2.90. The summed E-state index contributed by atoms with van der Waals surface area (Å²) in [6.07, 6.45) is 0.182. The molecule has 1 fully saturated rings. The molecule has 4 nitrogen and oxygen atoms in total. The van der Waals surface area contributed by atoms with E-state index in [-0.39, 0.29) is 18.2 Å². The predicted octanol–water partition coefficient (Wildman–Crippen LogP) is 3.85. The third-order valence-electron chi connectivity index (χ3n) is 4.30. The highest BCUT2D eigenvalue weighted by atomic mass is 32.2. The Kier molecular flexibility index (Phi) is 3.93. The molecule has 1 aliphatic heterocycles. The van der Waals surface area contributed by atoms with E-state index in [0.717, 1.165) is 15.7 Å². The van der Waals surface area contributed by atoms with Crippen molar-refractivity contribution in [1.82, 2.24) is 0 Å². The first-order valence-corrected chi connectivity index (χ1v) is 8.89. The Morgan fingerprint density at radius 2 is 1.64 bits per heavy atom. The Morgan fingerprint density at radius 1 is 0.920 bits per heavy atom. The number of fused-ring (bicyclic) bond motifs is 1. The molecule has 0 bridgehead atoms. The van der Waals surface area contributed by atoms with Crippen LogP contribution in [0.1, 0.15) is 6.42 Å². The van der Waals surface area contributed by atoms with Crippen molar-refractivity contribution in [1.29, 1.82) is 0 Å². The highest BCUT2D eigenvalue weighted by molar-refractivity contribution is 8.00. The van der Waals surface area contributed by atoms with Crippen LogP contribution in [0.25, 0.3) is 10.8 Å². The molecule has 0 aromatic heterocycles. The fourth-order valence-electron chi connectivity index (χ4n) is 3.09. The second kappa shape index (κ2) is 6.26. The van der Waals surface area contributed by atoms with Crippen LogP contribution < -0.4 is 10.6 Å². The topological polar surface area (TPSA) is 63.4 Å². The summed E-state index contributed by atoms with van der Waals surface area (Å²) in [5, 5.41) is 1.46. The zero-order valence-electron chi connectivity index (χ0n) is 13.4. The van der Waals surface area contributed by atoms with Gasteiger partial charge in [0.25, 0.3) is 0 Å². The van der Waals surface area contributed by atoms with Gasteiger partial charge < -0.3 is 5.73 Å². The molecule has 0 radical (unpaired) electrons. The van der Waals surface area contributed by atoms with E-state index in [1.54, 1.807) is 6.07 Å². The minimum atomic E-state index is -0.448. The Hall–Kier alpha value is -2.79. The lowest BCUT2D eigenvalue weighted by molar-refractivity contribution is -0.121. The van der Waals surface area contributed by atoms with Crippen LogP contribution in [0.5, 0.6) is 0 Å². The number of carbonyl (C=O) groups is 2. The number of amides is 2. The van der Waals surface area contributed by atoms with Gasteiger partial charge in [-0.2, -0.15) is 0 Å². The minimum Gasteiger partial charge on any atom is -0.398 e. The molecule has 4 rings (SSSR count). The maximum Gasteiger partial charge on any atom is 0.247 e. The number of hydrogen-bond acceptors (Lipinski definition) is 4. The van der Waals surface area contributed by atoms with Gasteiger partial charge in [-0.15, -0.1) is 11.8 Å². The number of anilines is 2. The maximum atomic E-state index is 12.9. The van der Waals surface area contributed by atoms with Crippen LogP contribution in [0.3, 0.4) is 0 Å². The molecule has 0 spiro atoms. The van der Waals surface area contributed by atoms with Crippen molar-refractivity contribution in [2.75, 3.05) is 10.6 Å². The highest BCUT2D eigenvalue weighted by Crippen LogP contribution is 2.38. The molecule has 1 saturated heterocycles. The first-order valence-electron chi connectivity index (χ1n) is 8.01. The van der Waals surface area contributed by atoms with Crippen LogP contribution in [0, 0.1) is 0 Å². The van der Waals surface area contributed by atoms with Gasteiger partial charge in [0, 0.05) is 22.4 Å². The van der Waals surface area contributed by atoms with E-state index in [2.05, 4.69) is 0 Å². The van der Waals surface area contributed by atoms with Gasteiger partial charge in [-0.3, -0.25) is 9.59 Å². The van der Waals surface area contributed by atoms with Gasteiger partial charge in [-0.05, 0) is 23.6 Å². The van der Waals surface area contributed by atoms with Crippen molar-refractivity contribution in [2.45, 2.75) is 16.6 Å². The fraction of sp³-hybridized carbons (Fsp3) is 0.100. The van der Waals surface area contributed by atoms with Gasteiger partial charge in [-0.25, -0.2) is 4.90 Å². The van der Waals surface area contributed by atoms with Gasteiger partial charge in [0.05, 0.1) is 10.9 Å². The van der Waals surface area contributed by atoms with Crippen molar-refractivity contribution in [2.24, 2.45) is 0 Å². The molecule has 0 saturated carbocycles. The maximum absolute atomic E-state index is 12.9. The lowest BCUT2D eigenvalue weighted by atomic mass is 10.1. The summed E-state index contributed by atoms with van der Waals surface area (Å²) in [5.41, 5.74) is 7.24. The molecule has 25 heavy (non-hydrogen) atoms. The first kappa shape index (κ1) is 15.7. The molecule has 3 aromatic carbocycles. The number of hydrogen-bond donors (Lipinski definition) is 1. The minimum absolute atomic E-state index is 0.173. The van der Waals surface area contributed by atoms with Crippen LogP contribution in [-0.2, 0) is 9.59 Å². The summed E-state index contributed by atoms with van der Waals surface area (Å²) in [4.78, 5) is 27.6. The fourth-order valence-corrected chi connectivity index (χ4v) is 4.19. The molecule has 3 aromatic rings. The monoisotopic (exact) mass is 348 g/mol. The molecule has 5 heteroatoms. The largest absolute Gasteiger partial charge is 0.398 e. The lowest BCUT2D eigenvalue weighted by Crippen LogP contribution is -2.31. The van der Waals surface area contributed by atoms with Crippen LogP contribution >= 0.6 is 11.8 Å². The normalized spacial score (nSPS) is 17.4. The van der Waals surface area contributed by atoms with Gasteiger partial charge in [0.15, 0.2) is 0 Å². The van der Waals surface area contributed by atoms with E-state index in [0.29, 0.717) is 11.4 Å². The summed E-state index contributed by atoms with van der Waals surface area (Å²) in [5.74, 6) is -0.358. The van der Waals surface area contributed by atoms with Gasteiger partial charge in [0.2, 0.25) is 11.8 Å². The zero-order valence-corrected chi connectivity index (χ0v) is 14.2. The summed E-state index contributed by atoms with van der Waals surface area (Å²) in [6.45, 7) is 0. The molecule has 124 valence electrons. The number of para-hydroxylation sites is 1. The smallest absolute Gasteiger partial charge is 0.247 e. The van der Waals surface area contributed by atoms with E-state index >= 15 is 0 Å². The summed E-state index contributed by atoms with van der Waals surface area (Å²) < 4.78 is 0. The SMILES string of the molecule is Nc1ccccc1S[C@@H]1CC(=O)N(c2cccc3ccccc23)C1=O. The number of nitrogens with two attached hydrogens (primary N) is 1.